The number of thioether (sulfide) groups is 1. The Labute approximate surface area is 205 Å². The summed E-state index contributed by atoms with van der Waals surface area (Å²) >= 11 is 1.19. The Balaban J connectivity index is 1.37. The smallest absolute Gasteiger partial charge is 0.237 e. The molecular weight excluding hydrogens is 466 g/mol. The van der Waals surface area contributed by atoms with Gasteiger partial charge in [0.15, 0.2) is 5.82 Å². The van der Waals surface area contributed by atoms with E-state index in [1.165, 1.54) is 16.4 Å². The molecule has 5 rings (SSSR count). The van der Waals surface area contributed by atoms with Crippen LogP contribution in [0.3, 0.4) is 0 Å². The number of amides is 1. The zero-order valence-electron chi connectivity index (χ0n) is 19.3. The lowest BCUT2D eigenvalue weighted by atomic mass is 10.1. The summed E-state index contributed by atoms with van der Waals surface area (Å²) < 4.78 is 18.2. The van der Waals surface area contributed by atoms with Crippen LogP contribution in [0.25, 0.3) is 33.3 Å². The Bertz CT molecular complexity index is 1540. The van der Waals surface area contributed by atoms with Gasteiger partial charge in [-0.3, -0.25) is 4.79 Å². The topological polar surface area (TPSA) is 117 Å². The average molecular weight is 490 g/mol. The van der Waals surface area contributed by atoms with E-state index in [1.807, 2.05) is 54.6 Å². The first kappa shape index (κ1) is 22.6. The third kappa shape index (κ3) is 4.12. The lowest BCUT2D eigenvalue weighted by Crippen LogP contribution is -2.24. The summed E-state index contributed by atoms with van der Waals surface area (Å²) in [4.78, 5) is 13.0. The molecule has 1 atom stereocenters. The van der Waals surface area contributed by atoms with Crippen LogP contribution >= 0.6 is 11.8 Å². The van der Waals surface area contributed by atoms with Crippen molar-refractivity contribution < 1.29 is 18.7 Å². The number of anilines is 1. The minimum absolute atomic E-state index is 0.245. The minimum Gasteiger partial charge on any atom is -0.496 e. The first-order valence-electron chi connectivity index (χ1n) is 10.8. The van der Waals surface area contributed by atoms with Crippen LogP contribution in [0.15, 0.2) is 70.2 Å². The number of fused-ring (bicyclic) bond motifs is 3. The minimum atomic E-state index is -0.525. The molecule has 3 aromatic carbocycles. The van der Waals surface area contributed by atoms with Crippen molar-refractivity contribution in [2.75, 3.05) is 25.4 Å². The van der Waals surface area contributed by atoms with E-state index >= 15 is 0 Å². The van der Waals surface area contributed by atoms with Crippen LogP contribution in [0.4, 0.5) is 5.69 Å². The molecule has 5 aromatic rings. The predicted octanol–water partition coefficient (Wildman–Crippen LogP) is 4.69. The number of nitrogens with two attached hydrogens (primary N) is 1. The van der Waals surface area contributed by atoms with E-state index < -0.39 is 5.25 Å². The standard InChI is InChI=1S/C25H23N5O4S/c1-14(35-25-29-28-23(30(25)26)16-9-5-6-10-19(16)32-2)24(31)27-18-13-21-17(12-22(18)33-3)15-8-4-7-11-20(15)34-21/h4-14H,26H2,1-3H3,(H,27,31). The van der Waals surface area contributed by atoms with Crippen LogP contribution in [0.5, 0.6) is 11.5 Å². The number of hydrogen-bond donors (Lipinski definition) is 2. The Kier molecular flexibility index (Phi) is 5.96. The number of para-hydroxylation sites is 2. The van der Waals surface area contributed by atoms with Crippen LogP contribution in [0.1, 0.15) is 6.92 Å². The van der Waals surface area contributed by atoms with Crippen LogP contribution < -0.4 is 20.6 Å². The molecule has 2 aromatic heterocycles. The maximum absolute atomic E-state index is 13.0. The van der Waals surface area contributed by atoms with Gasteiger partial charge >= 0.3 is 0 Å². The Hall–Kier alpha value is -4.18. The molecule has 0 aliphatic heterocycles. The molecule has 0 saturated carbocycles. The van der Waals surface area contributed by atoms with Crippen molar-refractivity contribution in [3.63, 3.8) is 0 Å². The van der Waals surface area contributed by atoms with Crippen molar-refractivity contribution in [2.45, 2.75) is 17.3 Å². The van der Waals surface area contributed by atoms with Gasteiger partial charge in [0.1, 0.15) is 22.7 Å². The van der Waals surface area contributed by atoms with E-state index in [0.29, 0.717) is 39.3 Å². The number of nitrogens with zero attached hydrogens (tertiary/aromatic N) is 3. The van der Waals surface area contributed by atoms with E-state index in [4.69, 9.17) is 19.7 Å². The molecule has 178 valence electrons. The van der Waals surface area contributed by atoms with Gasteiger partial charge in [0.25, 0.3) is 0 Å². The Morgan fingerprint density at radius 2 is 1.74 bits per heavy atom. The van der Waals surface area contributed by atoms with Crippen molar-refractivity contribution in [3.05, 3.63) is 60.7 Å². The van der Waals surface area contributed by atoms with Gasteiger partial charge in [-0.2, -0.15) is 0 Å². The summed E-state index contributed by atoms with van der Waals surface area (Å²) in [6.07, 6.45) is 0. The van der Waals surface area contributed by atoms with E-state index in [0.717, 1.165) is 16.4 Å². The highest BCUT2D eigenvalue weighted by atomic mass is 32.2. The first-order valence-corrected chi connectivity index (χ1v) is 11.7. The van der Waals surface area contributed by atoms with E-state index in [-0.39, 0.29) is 5.91 Å². The molecule has 0 bridgehead atoms. The highest BCUT2D eigenvalue weighted by Gasteiger charge is 2.23. The molecule has 2 heterocycles. The second-order valence-corrected chi connectivity index (χ2v) is 9.08. The molecule has 1 amide bonds. The van der Waals surface area contributed by atoms with Gasteiger partial charge in [-0.05, 0) is 31.2 Å². The molecular formula is C25H23N5O4S. The number of nitrogens with one attached hydrogen (secondary N) is 1. The fourth-order valence-corrected chi connectivity index (χ4v) is 4.60. The quantitative estimate of drug-likeness (QED) is 0.250. The number of rotatable bonds is 7. The second kappa shape index (κ2) is 9.22. The number of benzene rings is 3. The summed E-state index contributed by atoms with van der Waals surface area (Å²) in [5.74, 6) is 7.61. The first-order chi connectivity index (χ1) is 17.0. The Morgan fingerprint density at radius 1 is 1.00 bits per heavy atom. The summed E-state index contributed by atoms with van der Waals surface area (Å²) in [5, 5.41) is 13.1. The molecule has 0 aliphatic rings. The van der Waals surface area contributed by atoms with Crippen LogP contribution in [-0.4, -0.2) is 40.3 Å². The number of furan rings is 1. The van der Waals surface area contributed by atoms with Crippen LogP contribution in [-0.2, 0) is 4.79 Å². The highest BCUT2D eigenvalue weighted by molar-refractivity contribution is 8.00. The summed E-state index contributed by atoms with van der Waals surface area (Å²) in [7, 11) is 3.14. The summed E-state index contributed by atoms with van der Waals surface area (Å²) in [6, 6.07) is 18.8. The highest BCUT2D eigenvalue weighted by Crippen LogP contribution is 2.37. The Morgan fingerprint density at radius 3 is 2.54 bits per heavy atom. The summed E-state index contributed by atoms with van der Waals surface area (Å²) in [6.45, 7) is 1.77. The van der Waals surface area contributed by atoms with Gasteiger partial charge in [-0.25, -0.2) is 4.68 Å². The van der Waals surface area contributed by atoms with Gasteiger partial charge in [0.2, 0.25) is 11.1 Å². The third-order valence-corrected chi connectivity index (χ3v) is 6.68. The normalized spacial score (nSPS) is 12.1. The lowest BCUT2D eigenvalue weighted by molar-refractivity contribution is -0.115. The van der Waals surface area contributed by atoms with Gasteiger partial charge in [-0.1, -0.05) is 42.1 Å². The van der Waals surface area contributed by atoms with Crippen molar-refractivity contribution in [2.24, 2.45) is 0 Å². The van der Waals surface area contributed by atoms with Crippen LogP contribution in [0, 0.1) is 0 Å². The maximum atomic E-state index is 13.0. The zero-order valence-corrected chi connectivity index (χ0v) is 20.1. The molecule has 35 heavy (non-hydrogen) atoms. The van der Waals surface area contributed by atoms with E-state index in [9.17, 15) is 4.79 Å². The molecule has 0 radical (unpaired) electrons. The molecule has 0 fully saturated rings. The van der Waals surface area contributed by atoms with Crippen LogP contribution in [0.2, 0.25) is 0 Å². The summed E-state index contributed by atoms with van der Waals surface area (Å²) in [5.41, 5.74) is 2.65. The predicted molar refractivity (Wildman–Crippen MR) is 136 cm³/mol. The number of carbonyl (C=O) groups excluding carboxylic acids is 1. The van der Waals surface area contributed by atoms with Gasteiger partial charge < -0.3 is 25.1 Å². The molecule has 9 nitrogen and oxygen atoms in total. The number of carbonyl (C=O) groups is 1. The monoisotopic (exact) mass is 489 g/mol. The molecule has 10 heteroatoms. The number of aromatic nitrogens is 3. The number of methoxy groups -OCH3 is 2. The SMILES string of the molecule is COc1cc2c(cc1NC(=O)C(C)Sc1nnc(-c3ccccc3OC)n1N)oc1ccccc12. The fraction of sp³-hybridized carbons (Fsp3) is 0.160. The molecule has 3 N–H and O–H groups in total. The third-order valence-electron chi connectivity index (χ3n) is 5.62. The average Bonchev–Trinajstić information content (AvgIpc) is 3.42. The van der Waals surface area contributed by atoms with Crippen molar-refractivity contribution >= 4 is 45.3 Å². The van der Waals surface area contributed by atoms with Gasteiger partial charge in [0, 0.05) is 16.8 Å². The zero-order chi connectivity index (χ0) is 24.5. The molecule has 1 unspecified atom stereocenters. The van der Waals surface area contributed by atoms with Crippen molar-refractivity contribution in [1.82, 2.24) is 14.9 Å². The van der Waals surface area contributed by atoms with E-state index in [2.05, 4.69) is 15.5 Å². The van der Waals surface area contributed by atoms with Gasteiger partial charge in [-0.15, -0.1) is 10.2 Å². The van der Waals surface area contributed by atoms with Crippen molar-refractivity contribution in [1.29, 1.82) is 0 Å². The van der Waals surface area contributed by atoms with E-state index in [1.54, 1.807) is 27.2 Å². The molecule has 0 saturated heterocycles. The maximum Gasteiger partial charge on any atom is 0.237 e. The molecule has 0 aliphatic carbocycles. The number of nitrogen functional groups attached to an aromatic ring is 1. The van der Waals surface area contributed by atoms with Crippen molar-refractivity contribution in [3.8, 4) is 22.9 Å². The lowest BCUT2D eigenvalue weighted by Gasteiger charge is -2.14. The van der Waals surface area contributed by atoms with Gasteiger partial charge in [0.05, 0.1) is 30.7 Å². The molecule has 0 spiro atoms. The number of ether oxygens (including phenoxy) is 2. The second-order valence-electron chi connectivity index (χ2n) is 7.77. The number of hydrogen-bond acceptors (Lipinski definition) is 8. The largest absolute Gasteiger partial charge is 0.496 e. The fourth-order valence-electron chi connectivity index (χ4n) is 3.83.